The molecule has 21 heavy (non-hydrogen) atoms. The molecule has 2 rings (SSSR count). The van der Waals surface area contributed by atoms with Crippen LogP contribution in [0, 0.1) is 11.7 Å². The van der Waals surface area contributed by atoms with Crippen molar-refractivity contribution in [2.45, 2.75) is 6.42 Å². The van der Waals surface area contributed by atoms with Gasteiger partial charge in [-0.3, -0.25) is 4.79 Å². The summed E-state index contributed by atoms with van der Waals surface area (Å²) in [6.07, 6.45) is 0.191. The fraction of sp³-hybridized carbons (Fsp3) is 0.385. The Morgan fingerprint density at radius 1 is 1.62 bits per heavy atom. The Morgan fingerprint density at radius 3 is 3.05 bits per heavy atom. The maximum absolute atomic E-state index is 13.9. The topological polar surface area (TPSA) is 95.4 Å². The van der Waals surface area contributed by atoms with Crippen LogP contribution in [-0.2, 0) is 9.53 Å². The second kappa shape index (κ2) is 6.23. The number of halogens is 1. The van der Waals surface area contributed by atoms with Crippen LogP contribution < -0.4 is 4.90 Å². The molecule has 0 spiro atoms. The number of hydrogen-bond acceptors (Lipinski definition) is 4. The van der Waals surface area contributed by atoms with Crippen LogP contribution >= 0.6 is 0 Å². The van der Waals surface area contributed by atoms with Gasteiger partial charge in [-0.05, 0) is 23.6 Å². The molecule has 0 bridgehead atoms. The molecular weight excluding hydrogens is 279 g/mol. The molecule has 1 saturated heterocycles. The molecule has 0 saturated carbocycles. The van der Waals surface area contributed by atoms with Gasteiger partial charge >= 0.3 is 5.97 Å². The highest BCUT2D eigenvalue weighted by atomic mass is 19.1. The molecule has 1 amide bonds. The lowest BCUT2D eigenvalue weighted by atomic mass is 10.1. The van der Waals surface area contributed by atoms with E-state index in [-0.39, 0.29) is 42.6 Å². The fourth-order valence-electron chi connectivity index (χ4n) is 2.33. The van der Waals surface area contributed by atoms with E-state index in [1.54, 1.807) is 0 Å². The average Bonchev–Trinajstić information content (AvgIpc) is 2.85. The van der Waals surface area contributed by atoms with E-state index < -0.39 is 11.8 Å². The zero-order chi connectivity index (χ0) is 15.4. The fourth-order valence-corrected chi connectivity index (χ4v) is 2.33. The van der Waals surface area contributed by atoms with Crippen molar-refractivity contribution in [3.05, 3.63) is 40.0 Å². The van der Waals surface area contributed by atoms with Crippen molar-refractivity contribution in [3.63, 3.8) is 0 Å². The summed E-state index contributed by atoms with van der Waals surface area (Å²) in [5, 5.41) is 3.44. The van der Waals surface area contributed by atoms with Crippen LogP contribution in [-0.4, -0.2) is 32.1 Å². The molecule has 1 aromatic rings. The van der Waals surface area contributed by atoms with Crippen molar-refractivity contribution in [3.8, 4) is 0 Å². The maximum atomic E-state index is 13.9. The van der Waals surface area contributed by atoms with E-state index in [1.807, 2.05) is 0 Å². The molecule has 1 unspecified atom stereocenters. The highest BCUT2D eigenvalue weighted by molar-refractivity contribution is 6.03. The van der Waals surface area contributed by atoms with Gasteiger partial charge in [0.1, 0.15) is 11.4 Å². The molecule has 1 heterocycles. The average molecular weight is 292 g/mol. The van der Waals surface area contributed by atoms with Crippen LogP contribution in [0.1, 0.15) is 16.8 Å². The predicted octanol–water partition coefficient (Wildman–Crippen LogP) is 2.28. The van der Waals surface area contributed by atoms with Crippen molar-refractivity contribution in [2.24, 2.45) is 11.0 Å². The van der Waals surface area contributed by atoms with Crippen LogP contribution in [0.2, 0.25) is 0 Å². The van der Waals surface area contributed by atoms with Crippen LogP contribution in [0.25, 0.3) is 10.4 Å². The zero-order valence-corrected chi connectivity index (χ0v) is 11.3. The molecule has 110 valence electrons. The first-order valence-electron chi connectivity index (χ1n) is 6.26. The second-order valence-corrected chi connectivity index (χ2v) is 4.61. The Bertz CT molecular complexity index is 628. The van der Waals surface area contributed by atoms with E-state index in [9.17, 15) is 14.0 Å². The van der Waals surface area contributed by atoms with Gasteiger partial charge in [-0.25, -0.2) is 9.18 Å². The van der Waals surface area contributed by atoms with E-state index in [2.05, 4.69) is 14.8 Å². The summed E-state index contributed by atoms with van der Waals surface area (Å²) in [4.78, 5) is 27.7. The lowest BCUT2D eigenvalue weighted by molar-refractivity contribution is -0.117. The van der Waals surface area contributed by atoms with E-state index in [0.717, 1.165) is 13.2 Å². The monoisotopic (exact) mass is 292 g/mol. The molecule has 1 aromatic carbocycles. The predicted molar refractivity (Wildman–Crippen MR) is 72.2 cm³/mol. The quantitative estimate of drug-likeness (QED) is 0.368. The molecule has 0 radical (unpaired) electrons. The molecular formula is C13H13FN4O3. The Labute approximate surface area is 119 Å². The van der Waals surface area contributed by atoms with E-state index in [1.165, 1.54) is 17.0 Å². The normalized spacial score (nSPS) is 17.5. The number of amides is 1. The Hall–Kier alpha value is -2.60. The molecule has 0 aromatic heterocycles. The molecule has 0 N–H and O–H groups in total. The van der Waals surface area contributed by atoms with Crippen LogP contribution in [0.3, 0.4) is 0 Å². The first-order valence-corrected chi connectivity index (χ1v) is 6.26. The molecule has 1 atom stereocenters. The molecule has 8 heteroatoms. The Morgan fingerprint density at radius 2 is 2.38 bits per heavy atom. The Kier molecular flexibility index (Phi) is 4.39. The first kappa shape index (κ1) is 14.8. The standard InChI is InChI=1S/C13H13FN4O3/c1-21-13(20)12-9(14)3-2-4-10(12)18-7-8(5-11(18)19)6-16-17-15/h2-4,8H,5-7H2,1H3. The van der Waals surface area contributed by atoms with Gasteiger partial charge in [0, 0.05) is 24.4 Å². The summed E-state index contributed by atoms with van der Waals surface area (Å²) in [6.45, 7) is 0.451. The largest absolute Gasteiger partial charge is 0.465 e. The van der Waals surface area contributed by atoms with Crippen LogP contribution in [0.4, 0.5) is 10.1 Å². The minimum absolute atomic E-state index is 0.151. The van der Waals surface area contributed by atoms with Gasteiger partial charge in [0.2, 0.25) is 5.91 Å². The summed E-state index contributed by atoms with van der Waals surface area (Å²) in [6, 6.07) is 4.04. The number of ether oxygens (including phenoxy) is 1. The van der Waals surface area contributed by atoms with Crippen LogP contribution in [0.5, 0.6) is 0 Å². The molecule has 1 aliphatic rings. The summed E-state index contributed by atoms with van der Waals surface area (Å²) in [7, 11) is 1.15. The van der Waals surface area contributed by atoms with Crippen molar-refractivity contribution < 1.29 is 18.7 Å². The minimum Gasteiger partial charge on any atom is -0.465 e. The number of azide groups is 1. The third-order valence-corrected chi connectivity index (χ3v) is 3.28. The van der Waals surface area contributed by atoms with Crippen LogP contribution in [0.15, 0.2) is 23.3 Å². The zero-order valence-electron chi connectivity index (χ0n) is 11.3. The number of methoxy groups -OCH3 is 1. The summed E-state index contributed by atoms with van der Waals surface area (Å²) < 4.78 is 18.4. The first-order chi connectivity index (χ1) is 10.1. The Balaban J connectivity index is 2.34. The molecule has 0 aliphatic carbocycles. The van der Waals surface area contributed by atoms with Gasteiger partial charge < -0.3 is 9.64 Å². The number of rotatable bonds is 4. The highest BCUT2D eigenvalue weighted by Gasteiger charge is 2.33. The lowest BCUT2D eigenvalue weighted by Crippen LogP contribution is -2.27. The second-order valence-electron chi connectivity index (χ2n) is 4.61. The number of esters is 1. The number of carbonyl (C=O) groups is 2. The lowest BCUT2D eigenvalue weighted by Gasteiger charge is -2.19. The third-order valence-electron chi connectivity index (χ3n) is 3.28. The number of hydrogen-bond donors (Lipinski definition) is 0. The van der Waals surface area contributed by atoms with E-state index in [0.29, 0.717) is 0 Å². The van der Waals surface area contributed by atoms with E-state index in [4.69, 9.17) is 5.53 Å². The highest BCUT2D eigenvalue weighted by Crippen LogP contribution is 2.30. The van der Waals surface area contributed by atoms with Gasteiger partial charge in [0.25, 0.3) is 0 Å². The van der Waals surface area contributed by atoms with Crippen molar-refractivity contribution >= 4 is 17.6 Å². The van der Waals surface area contributed by atoms with Gasteiger partial charge in [0.15, 0.2) is 0 Å². The summed E-state index contributed by atoms with van der Waals surface area (Å²) in [5.74, 6) is -1.98. The molecule has 7 nitrogen and oxygen atoms in total. The minimum atomic E-state index is -0.839. The smallest absolute Gasteiger partial charge is 0.343 e. The number of nitrogens with zero attached hydrogens (tertiary/aromatic N) is 4. The molecule has 1 aliphatic heterocycles. The third kappa shape index (κ3) is 2.95. The number of carbonyl (C=O) groups excluding carboxylic acids is 2. The number of benzene rings is 1. The number of anilines is 1. The van der Waals surface area contributed by atoms with Gasteiger partial charge in [-0.2, -0.15) is 0 Å². The van der Waals surface area contributed by atoms with Crippen molar-refractivity contribution in [1.29, 1.82) is 0 Å². The van der Waals surface area contributed by atoms with Gasteiger partial charge in [-0.15, -0.1) is 0 Å². The van der Waals surface area contributed by atoms with Gasteiger partial charge in [0.05, 0.1) is 12.8 Å². The SMILES string of the molecule is COC(=O)c1c(F)cccc1N1CC(CN=[N+]=[N-])CC1=O. The van der Waals surface area contributed by atoms with Crippen molar-refractivity contribution in [1.82, 2.24) is 0 Å². The van der Waals surface area contributed by atoms with Gasteiger partial charge in [-0.1, -0.05) is 11.2 Å². The van der Waals surface area contributed by atoms with E-state index >= 15 is 0 Å². The summed E-state index contributed by atoms with van der Waals surface area (Å²) >= 11 is 0. The maximum Gasteiger partial charge on any atom is 0.343 e. The summed E-state index contributed by atoms with van der Waals surface area (Å²) in [5.41, 5.74) is 8.22. The molecule has 1 fully saturated rings. The van der Waals surface area contributed by atoms with Crippen molar-refractivity contribution in [2.75, 3.05) is 25.1 Å².